The van der Waals surface area contributed by atoms with Gasteiger partial charge in [0.05, 0.1) is 32.1 Å². The van der Waals surface area contributed by atoms with Crippen LogP contribution in [-0.2, 0) is 20.0 Å². The summed E-state index contributed by atoms with van der Waals surface area (Å²) in [5, 5.41) is 10.3. The van der Waals surface area contributed by atoms with E-state index in [1.165, 1.54) is 14.2 Å². The van der Waals surface area contributed by atoms with E-state index in [1.54, 1.807) is 24.5 Å². The molecule has 0 radical (unpaired) electrons. The molecule has 1 heterocycles. The molecular weight excluding hydrogens is 393 g/mol. The van der Waals surface area contributed by atoms with Crippen molar-refractivity contribution in [2.24, 2.45) is 0 Å². The summed E-state index contributed by atoms with van der Waals surface area (Å²) < 4.78 is 36.4. The first-order valence-electron chi connectivity index (χ1n) is 9.50. The first-order valence-corrected chi connectivity index (χ1v) is 11.1. The molecule has 29 heavy (non-hydrogen) atoms. The largest absolute Gasteiger partial charge is 0.502 e. The van der Waals surface area contributed by atoms with Gasteiger partial charge in [-0.3, -0.25) is 9.55 Å². The Morgan fingerprint density at radius 3 is 2.00 bits per heavy atom. The standard InChI is InChI=1S/C21H30NO6P/c1-14(2)27-29(24,28-15(3)4)20(10-16-8-7-9-22-13-16)17-11-18(25-5)21(23)19(12-17)26-6/h7-9,11-15,20,23H,10H2,1-6H3. The molecule has 1 N–H and O–H groups in total. The fourth-order valence-electron chi connectivity index (χ4n) is 3.02. The van der Waals surface area contributed by atoms with E-state index in [9.17, 15) is 9.67 Å². The van der Waals surface area contributed by atoms with Crippen molar-refractivity contribution in [3.63, 3.8) is 0 Å². The minimum absolute atomic E-state index is 0.122. The molecule has 0 fully saturated rings. The second-order valence-corrected chi connectivity index (χ2v) is 9.33. The molecule has 0 aliphatic carbocycles. The zero-order chi connectivity index (χ0) is 21.6. The van der Waals surface area contributed by atoms with Crippen molar-refractivity contribution < 1.29 is 28.2 Å². The molecule has 1 atom stereocenters. The lowest BCUT2D eigenvalue weighted by molar-refractivity contribution is 0.136. The number of hydrogen-bond donors (Lipinski definition) is 1. The molecule has 0 aliphatic heterocycles. The van der Waals surface area contributed by atoms with Gasteiger partial charge in [-0.25, -0.2) is 0 Å². The molecule has 160 valence electrons. The van der Waals surface area contributed by atoms with Gasteiger partial charge in [-0.2, -0.15) is 0 Å². The van der Waals surface area contributed by atoms with Crippen molar-refractivity contribution in [3.05, 3.63) is 47.8 Å². The fourth-order valence-corrected chi connectivity index (χ4v) is 5.49. The number of phenolic OH excluding ortho intramolecular Hbond substituents is 1. The van der Waals surface area contributed by atoms with Crippen molar-refractivity contribution in [2.75, 3.05) is 14.2 Å². The zero-order valence-corrected chi connectivity index (χ0v) is 18.7. The summed E-state index contributed by atoms with van der Waals surface area (Å²) in [6, 6.07) is 7.00. The third kappa shape index (κ3) is 5.95. The van der Waals surface area contributed by atoms with E-state index in [2.05, 4.69) is 4.98 Å². The second-order valence-electron chi connectivity index (χ2n) is 7.20. The lowest BCUT2D eigenvalue weighted by Crippen LogP contribution is -2.15. The van der Waals surface area contributed by atoms with E-state index in [0.29, 0.717) is 12.0 Å². The third-order valence-electron chi connectivity index (χ3n) is 4.14. The molecule has 1 aromatic heterocycles. The quantitative estimate of drug-likeness (QED) is 0.530. The number of pyridine rings is 1. The van der Waals surface area contributed by atoms with Crippen LogP contribution in [0.2, 0.25) is 0 Å². The normalized spacial score (nSPS) is 13.0. The van der Waals surface area contributed by atoms with Crippen LogP contribution in [0, 0.1) is 0 Å². The molecule has 1 aromatic carbocycles. The molecule has 0 spiro atoms. The highest BCUT2D eigenvalue weighted by Gasteiger charge is 2.40. The van der Waals surface area contributed by atoms with Crippen LogP contribution in [0.25, 0.3) is 0 Å². The number of aromatic nitrogens is 1. The van der Waals surface area contributed by atoms with E-state index in [0.717, 1.165) is 5.56 Å². The van der Waals surface area contributed by atoms with Gasteiger partial charge in [-0.05, 0) is 63.4 Å². The van der Waals surface area contributed by atoms with Gasteiger partial charge in [-0.1, -0.05) is 6.07 Å². The van der Waals surface area contributed by atoms with Gasteiger partial charge in [0, 0.05) is 12.4 Å². The summed E-state index contributed by atoms with van der Waals surface area (Å²) in [5.41, 5.74) is 0.841. The minimum atomic E-state index is -3.63. The fraction of sp³-hybridized carbons (Fsp3) is 0.476. The first kappa shape index (κ1) is 23.2. The van der Waals surface area contributed by atoms with Gasteiger partial charge in [-0.15, -0.1) is 0 Å². The molecule has 2 aromatic rings. The van der Waals surface area contributed by atoms with Crippen LogP contribution in [0.3, 0.4) is 0 Å². The lowest BCUT2D eigenvalue weighted by Gasteiger charge is -2.30. The molecule has 2 rings (SSSR count). The molecule has 0 saturated carbocycles. The van der Waals surface area contributed by atoms with Gasteiger partial charge < -0.3 is 23.6 Å². The highest BCUT2D eigenvalue weighted by Crippen LogP contribution is 2.64. The van der Waals surface area contributed by atoms with Crippen LogP contribution < -0.4 is 9.47 Å². The molecule has 0 saturated heterocycles. The third-order valence-corrected chi connectivity index (χ3v) is 6.81. The monoisotopic (exact) mass is 423 g/mol. The Hall–Kier alpha value is -2.08. The van der Waals surface area contributed by atoms with Crippen LogP contribution in [0.1, 0.15) is 44.5 Å². The summed E-state index contributed by atoms with van der Waals surface area (Å²) in [6.07, 6.45) is 3.15. The van der Waals surface area contributed by atoms with Crippen LogP contribution >= 0.6 is 7.60 Å². The topological polar surface area (TPSA) is 87.1 Å². The molecule has 0 aliphatic rings. The Labute approximate surface area is 172 Å². The number of phenols is 1. The number of hydrogen-bond acceptors (Lipinski definition) is 7. The summed E-state index contributed by atoms with van der Waals surface area (Å²) >= 11 is 0. The van der Waals surface area contributed by atoms with E-state index in [1.807, 2.05) is 39.8 Å². The van der Waals surface area contributed by atoms with Crippen molar-refractivity contribution >= 4 is 7.60 Å². The Morgan fingerprint density at radius 1 is 1.03 bits per heavy atom. The summed E-state index contributed by atoms with van der Waals surface area (Å²) in [4.78, 5) is 4.16. The summed E-state index contributed by atoms with van der Waals surface area (Å²) in [7, 11) is -0.730. The SMILES string of the molecule is COc1cc(C(Cc2cccnc2)P(=O)(OC(C)C)OC(C)C)cc(OC)c1O. The number of ether oxygens (including phenoxy) is 2. The lowest BCUT2D eigenvalue weighted by atomic mass is 10.0. The maximum atomic E-state index is 14.0. The molecule has 1 unspecified atom stereocenters. The summed E-state index contributed by atoms with van der Waals surface area (Å²) in [6.45, 7) is 7.26. The van der Waals surface area contributed by atoms with Crippen LogP contribution in [0.4, 0.5) is 0 Å². The van der Waals surface area contributed by atoms with Crippen molar-refractivity contribution in [1.82, 2.24) is 4.98 Å². The van der Waals surface area contributed by atoms with Gasteiger partial charge >= 0.3 is 7.60 Å². The predicted molar refractivity (Wildman–Crippen MR) is 112 cm³/mol. The van der Waals surface area contributed by atoms with Crippen LogP contribution in [0.5, 0.6) is 17.2 Å². The molecule has 7 nitrogen and oxygen atoms in total. The maximum Gasteiger partial charge on any atom is 0.338 e. The average Bonchev–Trinajstić information content (AvgIpc) is 2.66. The molecule has 0 amide bonds. The average molecular weight is 423 g/mol. The van der Waals surface area contributed by atoms with Crippen molar-refractivity contribution in [1.29, 1.82) is 0 Å². The number of rotatable bonds is 10. The predicted octanol–water partition coefficient (Wildman–Crippen LogP) is 5.13. The molecule has 0 bridgehead atoms. The van der Waals surface area contributed by atoms with Crippen LogP contribution in [0.15, 0.2) is 36.7 Å². The van der Waals surface area contributed by atoms with Crippen LogP contribution in [-0.4, -0.2) is 36.5 Å². The smallest absolute Gasteiger partial charge is 0.338 e. The van der Waals surface area contributed by atoms with Gasteiger partial charge in [0.2, 0.25) is 5.75 Å². The first-order chi connectivity index (χ1) is 13.7. The van der Waals surface area contributed by atoms with Gasteiger partial charge in [0.25, 0.3) is 0 Å². The van der Waals surface area contributed by atoms with E-state index >= 15 is 0 Å². The highest BCUT2D eigenvalue weighted by molar-refractivity contribution is 7.54. The van der Waals surface area contributed by atoms with Gasteiger partial charge in [0.15, 0.2) is 11.5 Å². The number of methoxy groups -OCH3 is 2. The number of aromatic hydroxyl groups is 1. The zero-order valence-electron chi connectivity index (χ0n) is 17.8. The Balaban J connectivity index is 2.65. The minimum Gasteiger partial charge on any atom is -0.502 e. The van der Waals surface area contributed by atoms with Crippen molar-refractivity contribution in [3.8, 4) is 17.2 Å². The Morgan fingerprint density at radius 2 is 1.59 bits per heavy atom. The maximum absolute atomic E-state index is 14.0. The number of nitrogens with zero attached hydrogens (tertiary/aromatic N) is 1. The molecule has 8 heteroatoms. The van der Waals surface area contributed by atoms with Crippen molar-refractivity contribution in [2.45, 2.75) is 52.0 Å². The van der Waals surface area contributed by atoms with E-state index in [4.69, 9.17) is 18.5 Å². The van der Waals surface area contributed by atoms with Gasteiger partial charge in [0.1, 0.15) is 0 Å². The highest BCUT2D eigenvalue weighted by atomic mass is 31.2. The number of benzene rings is 1. The second kappa shape index (κ2) is 10.1. The summed E-state index contributed by atoms with van der Waals surface area (Å²) in [5.74, 6) is 0.315. The molecular formula is C21H30NO6P. The Bertz CT molecular complexity index is 801. The van der Waals surface area contributed by atoms with E-state index < -0.39 is 13.3 Å². The Kier molecular flexibility index (Phi) is 8.08. The van der Waals surface area contributed by atoms with E-state index in [-0.39, 0.29) is 29.5 Å².